The van der Waals surface area contributed by atoms with E-state index >= 15 is 0 Å². The lowest BCUT2D eigenvalue weighted by Gasteiger charge is -2.43. The Balaban J connectivity index is 1.29. The Hall–Kier alpha value is -1.61. The van der Waals surface area contributed by atoms with Crippen LogP contribution in [0.3, 0.4) is 0 Å². The van der Waals surface area contributed by atoms with Crippen LogP contribution in [0, 0.1) is 5.41 Å². The zero-order chi connectivity index (χ0) is 17.2. The van der Waals surface area contributed by atoms with E-state index in [4.69, 9.17) is 0 Å². The molecule has 0 radical (unpaired) electrons. The summed E-state index contributed by atoms with van der Waals surface area (Å²) >= 11 is 0. The molecule has 3 heteroatoms. The molecule has 1 aromatic carbocycles. The summed E-state index contributed by atoms with van der Waals surface area (Å²) in [7, 11) is 0. The minimum Gasteiger partial charge on any atom is -0.354 e. The fraction of sp³-hybridized carbons (Fsp3) is 0.591. The van der Waals surface area contributed by atoms with Gasteiger partial charge in [-0.05, 0) is 62.5 Å². The van der Waals surface area contributed by atoms with Crippen molar-refractivity contribution in [3.8, 4) is 0 Å². The smallest absolute Gasteiger partial charge is 0.234 e. The Bertz CT molecular complexity index is 635. The highest BCUT2D eigenvalue weighted by Gasteiger charge is 2.44. The summed E-state index contributed by atoms with van der Waals surface area (Å²) in [6, 6.07) is 10.7. The summed E-state index contributed by atoms with van der Waals surface area (Å²) in [5, 5.41) is 3.23. The maximum absolute atomic E-state index is 12.5. The van der Waals surface area contributed by atoms with Crippen LogP contribution in [0.4, 0.5) is 0 Å². The van der Waals surface area contributed by atoms with Gasteiger partial charge in [0.2, 0.25) is 5.91 Å². The van der Waals surface area contributed by atoms with Crippen LogP contribution in [-0.2, 0) is 10.2 Å². The first kappa shape index (κ1) is 16.8. The van der Waals surface area contributed by atoms with E-state index in [9.17, 15) is 4.79 Å². The standard InChI is InChI=1S/C22H30N2O/c25-20(23-17-22(13-14-22)19-8-3-1-4-9-19)16-24-15-7-12-21(18-24)10-5-2-6-11-21/h1-5,8-9H,6-7,10-18H2,(H,23,25)/t21-/m0/s1. The molecule has 1 spiro atoms. The van der Waals surface area contributed by atoms with E-state index in [2.05, 4.69) is 52.7 Å². The largest absolute Gasteiger partial charge is 0.354 e. The van der Waals surface area contributed by atoms with Crippen LogP contribution in [0.2, 0.25) is 0 Å². The van der Waals surface area contributed by atoms with Gasteiger partial charge in [-0.2, -0.15) is 0 Å². The van der Waals surface area contributed by atoms with E-state index in [1.165, 1.54) is 50.5 Å². The maximum Gasteiger partial charge on any atom is 0.234 e. The molecule has 3 nitrogen and oxygen atoms in total. The SMILES string of the molecule is O=C(CN1CCC[C@@]2(CC=CCC2)C1)NCC1(c2ccccc2)CC1. The second-order valence-corrected chi connectivity index (χ2v) is 8.45. The molecule has 0 aromatic heterocycles. The molecule has 1 aliphatic heterocycles. The highest BCUT2D eigenvalue weighted by molar-refractivity contribution is 5.78. The molecular weight excluding hydrogens is 308 g/mol. The lowest BCUT2D eigenvalue weighted by molar-refractivity contribution is -0.123. The topological polar surface area (TPSA) is 32.3 Å². The van der Waals surface area contributed by atoms with Crippen molar-refractivity contribution in [2.75, 3.05) is 26.2 Å². The predicted octanol–water partition coefficient (Wildman–Crippen LogP) is 3.66. The van der Waals surface area contributed by atoms with Crippen molar-refractivity contribution in [3.63, 3.8) is 0 Å². The Morgan fingerprint density at radius 2 is 1.92 bits per heavy atom. The van der Waals surface area contributed by atoms with Gasteiger partial charge in [0, 0.05) is 18.5 Å². The number of benzene rings is 1. The molecule has 1 saturated heterocycles. The third-order valence-electron chi connectivity index (χ3n) is 6.53. The van der Waals surface area contributed by atoms with Crippen LogP contribution in [0.15, 0.2) is 42.5 Å². The highest BCUT2D eigenvalue weighted by atomic mass is 16.2. The van der Waals surface area contributed by atoms with Crippen LogP contribution in [0.25, 0.3) is 0 Å². The zero-order valence-corrected chi connectivity index (χ0v) is 15.2. The van der Waals surface area contributed by atoms with Gasteiger partial charge >= 0.3 is 0 Å². The number of allylic oxidation sites excluding steroid dienone is 2. The predicted molar refractivity (Wildman–Crippen MR) is 101 cm³/mol. The van der Waals surface area contributed by atoms with Gasteiger partial charge in [0.15, 0.2) is 0 Å². The molecule has 2 aliphatic carbocycles. The first-order valence-electron chi connectivity index (χ1n) is 9.90. The zero-order valence-electron chi connectivity index (χ0n) is 15.2. The summed E-state index contributed by atoms with van der Waals surface area (Å²) in [4.78, 5) is 14.9. The van der Waals surface area contributed by atoms with Crippen LogP contribution in [-0.4, -0.2) is 37.0 Å². The van der Waals surface area contributed by atoms with E-state index in [0.717, 1.165) is 19.6 Å². The Labute approximate surface area is 151 Å². The fourth-order valence-corrected chi connectivity index (χ4v) is 4.80. The van der Waals surface area contributed by atoms with Crippen LogP contribution in [0.1, 0.15) is 50.5 Å². The molecule has 1 amide bonds. The number of nitrogens with zero attached hydrogens (tertiary/aromatic N) is 1. The number of likely N-dealkylation sites (tertiary alicyclic amines) is 1. The molecule has 134 valence electrons. The van der Waals surface area contributed by atoms with Gasteiger partial charge in [0.1, 0.15) is 0 Å². The summed E-state index contributed by atoms with van der Waals surface area (Å²) < 4.78 is 0. The lowest BCUT2D eigenvalue weighted by Crippen LogP contribution is -2.48. The number of rotatable bonds is 5. The minimum atomic E-state index is 0.200. The second-order valence-electron chi connectivity index (χ2n) is 8.45. The van der Waals surface area contributed by atoms with Crippen molar-refractivity contribution in [1.82, 2.24) is 10.2 Å². The van der Waals surface area contributed by atoms with E-state index in [0.29, 0.717) is 12.0 Å². The van der Waals surface area contributed by atoms with E-state index in [1.54, 1.807) is 0 Å². The molecule has 0 unspecified atom stereocenters. The van der Waals surface area contributed by atoms with E-state index in [-0.39, 0.29) is 11.3 Å². The van der Waals surface area contributed by atoms with Crippen molar-refractivity contribution < 1.29 is 4.79 Å². The highest BCUT2D eigenvalue weighted by Crippen LogP contribution is 2.47. The quantitative estimate of drug-likeness (QED) is 0.831. The van der Waals surface area contributed by atoms with Crippen LogP contribution < -0.4 is 5.32 Å². The maximum atomic E-state index is 12.5. The molecule has 3 aliphatic rings. The van der Waals surface area contributed by atoms with Crippen molar-refractivity contribution in [2.24, 2.45) is 5.41 Å². The van der Waals surface area contributed by atoms with Gasteiger partial charge in [0.05, 0.1) is 6.54 Å². The Morgan fingerprint density at radius 1 is 1.08 bits per heavy atom. The van der Waals surface area contributed by atoms with Gasteiger partial charge in [0.25, 0.3) is 0 Å². The Kier molecular flexibility index (Phi) is 4.68. The van der Waals surface area contributed by atoms with E-state index in [1.807, 2.05) is 0 Å². The number of nitrogens with one attached hydrogen (secondary N) is 1. The van der Waals surface area contributed by atoms with Gasteiger partial charge < -0.3 is 5.32 Å². The molecule has 1 heterocycles. The second kappa shape index (κ2) is 6.95. The molecule has 0 bridgehead atoms. The Morgan fingerprint density at radius 3 is 2.64 bits per heavy atom. The molecule has 2 fully saturated rings. The number of hydrogen-bond acceptors (Lipinski definition) is 2. The third-order valence-corrected chi connectivity index (χ3v) is 6.53. The molecule has 1 atom stereocenters. The average Bonchev–Trinajstić information content (AvgIpc) is 3.43. The monoisotopic (exact) mass is 338 g/mol. The molecule has 1 saturated carbocycles. The summed E-state index contributed by atoms with van der Waals surface area (Å²) in [6.07, 6.45) is 13.3. The molecule has 1 aromatic rings. The van der Waals surface area contributed by atoms with Gasteiger partial charge in [-0.15, -0.1) is 0 Å². The number of piperidine rings is 1. The summed E-state index contributed by atoms with van der Waals surface area (Å²) in [5.74, 6) is 0.200. The van der Waals surface area contributed by atoms with Crippen molar-refractivity contribution in [2.45, 2.75) is 50.4 Å². The summed E-state index contributed by atoms with van der Waals surface area (Å²) in [6.45, 7) is 3.52. The third kappa shape index (κ3) is 3.82. The van der Waals surface area contributed by atoms with Gasteiger partial charge in [-0.3, -0.25) is 9.69 Å². The van der Waals surface area contributed by atoms with Crippen molar-refractivity contribution in [1.29, 1.82) is 0 Å². The first-order valence-corrected chi connectivity index (χ1v) is 9.90. The molecular formula is C22H30N2O. The normalized spacial score (nSPS) is 28.0. The first-order chi connectivity index (χ1) is 12.2. The van der Waals surface area contributed by atoms with Gasteiger partial charge in [-0.1, -0.05) is 42.5 Å². The molecule has 4 rings (SSSR count). The number of carbonyl (C=O) groups is 1. The van der Waals surface area contributed by atoms with Crippen molar-refractivity contribution >= 4 is 5.91 Å². The van der Waals surface area contributed by atoms with Crippen LogP contribution in [0.5, 0.6) is 0 Å². The van der Waals surface area contributed by atoms with Crippen molar-refractivity contribution in [3.05, 3.63) is 48.0 Å². The fourth-order valence-electron chi connectivity index (χ4n) is 4.80. The minimum absolute atomic E-state index is 0.200. The lowest BCUT2D eigenvalue weighted by atomic mass is 9.71. The van der Waals surface area contributed by atoms with Gasteiger partial charge in [-0.25, -0.2) is 0 Å². The molecule has 25 heavy (non-hydrogen) atoms. The average molecular weight is 338 g/mol. The molecule has 1 N–H and O–H groups in total. The van der Waals surface area contributed by atoms with E-state index < -0.39 is 0 Å². The number of hydrogen-bond donors (Lipinski definition) is 1. The summed E-state index contributed by atoms with van der Waals surface area (Å²) in [5.41, 5.74) is 2.02. The number of carbonyl (C=O) groups excluding carboxylic acids is 1. The van der Waals surface area contributed by atoms with Crippen LogP contribution >= 0.6 is 0 Å². The number of amides is 1.